The minimum absolute atomic E-state index is 0.207. The van der Waals surface area contributed by atoms with E-state index in [2.05, 4.69) is 15.5 Å². The molecule has 136 valence electrons. The first-order valence-electron chi connectivity index (χ1n) is 8.40. The van der Waals surface area contributed by atoms with Gasteiger partial charge in [0.1, 0.15) is 11.9 Å². The van der Waals surface area contributed by atoms with Crippen LogP contribution in [0.15, 0.2) is 59.1 Å². The molecule has 0 atom stereocenters. The van der Waals surface area contributed by atoms with Crippen LogP contribution in [0.1, 0.15) is 21.6 Å². The van der Waals surface area contributed by atoms with Crippen LogP contribution in [0.25, 0.3) is 22.4 Å². The minimum atomic E-state index is -0.426. The molecule has 2 aromatic carbocycles. The lowest BCUT2D eigenvalue weighted by Gasteiger charge is -2.09. The molecule has 0 saturated carbocycles. The predicted octanol–water partition coefficient (Wildman–Crippen LogP) is 4.46. The molecule has 2 aromatic heterocycles. The smallest absolute Gasteiger partial charge is 0.259 e. The van der Waals surface area contributed by atoms with Gasteiger partial charge in [-0.05, 0) is 49.4 Å². The minimum Gasteiger partial charge on any atom is -0.335 e. The van der Waals surface area contributed by atoms with E-state index in [1.54, 1.807) is 49.4 Å². The van der Waals surface area contributed by atoms with Gasteiger partial charge in [-0.25, -0.2) is 9.37 Å². The third-order valence-corrected chi connectivity index (χ3v) is 4.30. The van der Waals surface area contributed by atoms with Gasteiger partial charge in [-0.15, -0.1) is 0 Å². The Morgan fingerprint density at radius 1 is 1.18 bits per heavy atom. The fraction of sp³-hybridized carbons (Fsp3) is 0.0476. The first-order chi connectivity index (χ1) is 13.6. The third-order valence-electron chi connectivity index (χ3n) is 4.30. The second kappa shape index (κ2) is 6.93. The SMILES string of the molecule is Cc1noc2nc(-c3ccc(F)cc3)cc(C(=O)Nc3ccccc3C#N)c12. The molecule has 0 radical (unpaired) electrons. The van der Waals surface area contributed by atoms with E-state index in [1.807, 2.05) is 6.07 Å². The molecule has 1 N–H and O–H groups in total. The molecule has 6 nitrogen and oxygen atoms in total. The number of carbonyl (C=O) groups excluding carboxylic acids is 1. The number of hydrogen-bond donors (Lipinski definition) is 1. The number of para-hydroxylation sites is 1. The quantitative estimate of drug-likeness (QED) is 0.573. The maximum atomic E-state index is 13.2. The summed E-state index contributed by atoms with van der Waals surface area (Å²) in [6.07, 6.45) is 0. The Kier molecular flexibility index (Phi) is 4.30. The van der Waals surface area contributed by atoms with Crippen molar-refractivity contribution >= 4 is 22.7 Å². The van der Waals surface area contributed by atoms with E-state index in [-0.39, 0.29) is 11.5 Å². The van der Waals surface area contributed by atoms with Crippen LogP contribution >= 0.6 is 0 Å². The Balaban J connectivity index is 1.83. The Bertz CT molecular complexity index is 1240. The number of halogens is 1. The summed E-state index contributed by atoms with van der Waals surface area (Å²) in [5, 5.41) is 16.4. The lowest BCUT2D eigenvalue weighted by molar-refractivity contribution is 0.102. The highest BCUT2D eigenvalue weighted by Gasteiger charge is 2.20. The van der Waals surface area contributed by atoms with E-state index in [0.29, 0.717) is 39.2 Å². The monoisotopic (exact) mass is 372 g/mol. The van der Waals surface area contributed by atoms with Gasteiger partial charge >= 0.3 is 0 Å². The number of hydrogen-bond acceptors (Lipinski definition) is 5. The van der Waals surface area contributed by atoms with Crippen molar-refractivity contribution in [2.45, 2.75) is 6.92 Å². The van der Waals surface area contributed by atoms with Gasteiger partial charge < -0.3 is 9.84 Å². The number of carbonyl (C=O) groups is 1. The van der Waals surface area contributed by atoms with Crippen LogP contribution in [-0.4, -0.2) is 16.0 Å². The van der Waals surface area contributed by atoms with Crippen molar-refractivity contribution in [2.24, 2.45) is 0 Å². The zero-order valence-corrected chi connectivity index (χ0v) is 14.7. The van der Waals surface area contributed by atoms with Crippen molar-refractivity contribution in [3.8, 4) is 17.3 Å². The zero-order chi connectivity index (χ0) is 19.7. The van der Waals surface area contributed by atoms with Crippen LogP contribution in [-0.2, 0) is 0 Å². The van der Waals surface area contributed by atoms with Gasteiger partial charge in [0.25, 0.3) is 11.6 Å². The van der Waals surface area contributed by atoms with Gasteiger partial charge in [-0.1, -0.05) is 17.3 Å². The number of anilines is 1. The van der Waals surface area contributed by atoms with Crippen molar-refractivity contribution < 1.29 is 13.7 Å². The fourth-order valence-corrected chi connectivity index (χ4v) is 2.92. The molecule has 7 heteroatoms. The second-order valence-corrected chi connectivity index (χ2v) is 6.12. The van der Waals surface area contributed by atoms with Crippen LogP contribution in [0.4, 0.5) is 10.1 Å². The van der Waals surface area contributed by atoms with E-state index < -0.39 is 5.91 Å². The molecular weight excluding hydrogens is 359 g/mol. The molecule has 0 unspecified atom stereocenters. The van der Waals surface area contributed by atoms with Crippen molar-refractivity contribution in [1.29, 1.82) is 5.26 Å². The van der Waals surface area contributed by atoms with E-state index in [9.17, 15) is 14.4 Å². The first kappa shape index (κ1) is 17.4. The normalized spacial score (nSPS) is 10.6. The molecular formula is C21H13FN4O2. The Morgan fingerprint density at radius 3 is 2.68 bits per heavy atom. The Labute approximate surface area is 159 Å². The molecule has 1 amide bonds. The summed E-state index contributed by atoms with van der Waals surface area (Å²) in [5.41, 5.74) is 2.85. The number of aryl methyl sites for hydroxylation is 1. The number of rotatable bonds is 3. The van der Waals surface area contributed by atoms with Crippen LogP contribution in [0.3, 0.4) is 0 Å². The number of amides is 1. The van der Waals surface area contributed by atoms with E-state index in [0.717, 1.165) is 0 Å². The molecule has 4 rings (SSSR count). The standard InChI is InChI=1S/C21H13FN4O2/c1-12-19-16(20(27)24-17-5-3-2-4-14(17)11-23)10-18(25-21(19)28-26-12)13-6-8-15(22)9-7-13/h2-10H,1H3,(H,24,27). The van der Waals surface area contributed by atoms with Crippen LogP contribution in [0, 0.1) is 24.1 Å². The largest absolute Gasteiger partial charge is 0.335 e. The lowest BCUT2D eigenvalue weighted by atomic mass is 10.0. The van der Waals surface area contributed by atoms with E-state index >= 15 is 0 Å². The highest BCUT2D eigenvalue weighted by Crippen LogP contribution is 2.28. The van der Waals surface area contributed by atoms with Crippen molar-refractivity contribution in [1.82, 2.24) is 10.1 Å². The summed E-state index contributed by atoms with van der Waals surface area (Å²) < 4.78 is 18.5. The number of fused-ring (bicyclic) bond motifs is 1. The Morgan fingerprint density at radius 2 is 1.93 bits per heavy atom. The Hall–Kier alpha value is -4.05. The molecule has 0 aliphatic rings. The molecule has 0 fully saturated rings. The molecule has 0 aliphatic carbocycles. The van der Waals surface area contributed by atoms with E-state index in [4.69, 9.17) is 4.52 Å². The maximum absolute atomic E-state index is 13.2. The second-order valence-electron chi connectivity index (χ2n) is 6.12. The molecule has 4 aromatic rings. The molecule has 28 heavy (non-hydrogen) atoms. The van der Waals surface area contributed by atoms with Crippen molar-refractivity contribution in [3.63, 3.8) is 0 Å². The summed E-state index contributed by atoms with van der Waals surface area (Å²) >= 11 is 0. The average molecular weight is 372 g/mol. The molecule has 0 aliphatic heterocycles. The highest BCUT2D eigenvalue weighted by molar-refractivity contribution is 6.13. The number of benzene rings is 2. The van der Waals surface area contributed by atoms with Crippen molar-refractivity contribution in [3.05, 3.63) is 77.2 Å². The molecule has 0 bridgehead atoms. The lowest BCUT2D eigenvalue weighted by Crippen LogP contribution is -2.14. The number of nitrogens with one attached hydrogen (secondary N) is 1. The number of aromatic nitrogens is 2. The van der Waals surface area contributed by atoms with Crippen LogP contribution < -0.4 is 5.32 Å². The van der Waals surface area contributed by atoms with Gasteiger partial charge in [0.05, 0.1) is 33.6 Å². The van der Waals surface area contributed by atoms with Gasteiger partial charge in [0, 0.05) is 5.56 Å². The van der Waals surface area contributed by atoms with Gasteiger partial charge in [0.2, 0.25) is 0 Å². The van der Waals surface area contributed by atoms with Gasteiger partial charge in [-0.3, -0.25) is 4.79 Å². The number of nitrogens with zero attached hydrogens (tertiary/aromatic N) is 3. The highest BCUT2D eigenvalue weighted by atomic mass is 19.1. The molecule has 0 saturated heterocycles. The fourth-order valence-electron chi connectivity index (χ4n) is 2.92. The zero-order valence-electron chi connectivity index (χ0n) is 14.7. The summed E-state index contributed by atoms with van der Waals surface area (Å²) in [5.74, 6) is -0.795. The number of nitriles is 1. The van der Waals surface area contributed by atoms with Gasteiger partial charge in [0.15, 0.2) is 0 Å². The number of pyridine rings is 1. The first-order valence-corrected chi connectivity index (χ1v) is 8.40. The predicted molar refractivity (Wildman–Crippen MR) is 101 cm³/mol. The van der Waals surface area contributed by atoms with Crippen LogP contribution in [0.2, 0.25) is 0 Å². The van der Waals surface area contributed by atoms with Crippen LogP contribution in [0.5, 0.6) is 0 Å². The maximum Gasteiger partial charge on any atom is 0.259 e. The third kappa shape index (κ3) is 3.08. The topological polar surface area (TPSA) is 91.8 Å². The van der Waals surface area contributed by atoms with Crippen molar-refractivity contribution in [2.75, 3.05) is 5.32 Å². The summed E-state index contributed by atoms with van der Waals surface area (Å²) in [6.45, 7) is 1.71. The molecule has 0 spiro atoms. The molecule has 2 heterocycles. The van der Waals surface area contributed by atoms with Gasteiger partial charge in [-0.2, -0.15) is 5.26 Å². The van der Waals surface area contributed by atoms with E-state index in [1.165, 1.54) is 12.1 Å². The summed E-state index contributed by atoms with van der Waals surface area (Å²) in [7, 11) is 0. The average Bonchev–Trinajstić information content (AvgIpc) is 3.09. The summed E-state index contributed by atoms with van der Waals surface area (Å²) in [6, 6.07) is 16.1. The summed E-state index contributed by atoms with van der Waals surface area (Å²) in [4.78, 5) is 17.4.